The van der Waals surface area contributed by atoms with Gasteiger partial charge in [-0.15, -0.1) is 0 Å². The number of carbonyl (C=O) groups is 2. The van der Waals surface area contributed by atoms with Crippen molar-refractivity contribution in [3.63, 3.8) is 0 Å². The average molecular weight is 366 g/mol. The number of nitrogens with zero attached hydrogens (tertiary/aromatic N) is 1. The molecule has 0 bridgehead atoms. The minimum absolute atomic E-state index is 0.00122. The van der Waals surface area contributed by atoms with E-state index in [4.69, 9.17) is 0 Å². The molecule has 27 heavy (non-hydrogen) atoms. The topological polar surface area (TPSA) is 89.3 Å². The van der Waals surface area contributed by atoms with E-state index in [0.29, 0.717) is 16.8 Å². The third-order valence-corrected chi connectivity index (χ3v) is 4.95. The van der Waals surface area contributed by atoms with Crippen LogP contribution in [0, 0.1) is 16.0 Å². The molecule has 0 heterocycles. The van der Waals surface area contributed by atoms with E-state index in [1.54, 1.807) is 36.4 Å². The van der Waals surface area contributed by atoms with Crippen molar-refractivity contribution in [1.29, 1.82) is 0 Å². The molecule has 0 saturated heterocycles. The number of anilines is 1. The molecular weight excluding hydrogens is 344 g/mol. The van der Waals surface area contributed by atoms with E-state index in [0.717, 1.165) is 25.7 Å². The van der Waals surface area contributed by atoms with Gasteiger partial charge in [0.05, 0.1) is 10.6 Å². The minimum atomic E-state index is -0.480. The summed E-state index contributed by atoms with van der Waals surface area (Å²) in [7, 11) is 0. The Morgan fingerprint density at radius 3 is 2.52 bits per heavy atom. The first kappa shape index (κ1) is 18.8. The lowest BCUT2D eigenvalue weighted by atomic mass is 9.88. The van der Waals surface area contributed by atoms with Crippen molar-refractivity contribution >= 4 is 23.1 Å². The first-order valence-corrected chi connectivity index (χ1v) is 9.21. The quantitative estimate of drug-likeness (QED) is 0.462. The Labute approximate surface area is 157 Å². The lowest BCUT2D eigenvalue weighted by Crippen LogP contribution is -2.25. The van der Waals surface area contributed by atoms with Gasteiger partial charge in [-0.05, 0) is 30.5 Å². The monoisotopic (exact) mass is 366 g/mol. The van der Waals surface area contributed by atoms with Gasteiger partial charge in [0.1, 0.15) is 0 Å². The molecule has 0 aromatic heterocycles. The van der Waals surface area contributed by atoms with Crippen LogP contribution in [0.3, 0.4) is 0 Å². The number of hydrogen-bond acceptors (Lipinski definition) is 4. The third kappa shape index (κ3) is 4.78. The van der Waals surface area contributed by atoms with Gasteiger partial charge in [0, 0.05) is 30.0 Å². The van der Waals surface area contributed by atoms with Crippen molar-refractivity contribution < 1.29 is 14.5 Å². The zero-order valence-corrected chi connectivity index (χ0v) is 15.0. The number of nitrogens with one attached hydrogen (secondary N) is 1. The fourth-order valence-electron chi connectivity index (χ4n) is 3.50. The maximum atomic E-state index is 12.8. The molecule has 0 unspecified atom stereocenters. The standard InChI is InChI=1S/C21H22N2O4/c24-20(14-15-7-6-10-17(13-15)23(26)27)18-11-4-5-12-19(18)22-21(25)16-8-2-1-3-9-16/h4-7,10-13,16H,1-3,8-9,14H2,(H,22,25). The summed E-state index contributed by atoms with van der Waals surface area (Å²) < 4.78 is 0. The van der Waals surface area contributed by atoms with Gasteiger partial charge in [-0.2, -0.15) is 0 Å². The normalized spacial score (nSPS) is 14.5. The van der Waals surface area contributed by atoms with Gasteiger partial charge >= 0.3 is 0 Å². The van der Waals surface area contributed by atoms with Crippen LogP contribution in [0.4, 0.5) is 11.4 Å². The van der Waals surface area contributed by atoms with Crippen molar-refractivity contribution in [2.45, 2.75) is 38.5 Å². The first-order chi connectivity index (χ1) is 13.0. The minimum Gasteiger partial charge on any atom is -0.325 e. The third-order valence-electron chi connectivity index (χ3n) is 4.95. The van der Waals surface area contributed by atoms with Crippen LogP contribution in [0.1, 0.15) is 48.0 Å². The molecule has 140 valence electrons. The van der Waals surface area contributed by atoms with E-state index in [9.17, 15) is 19.7 Å². The molecule has 0 spiro atoms. The molecule has 1 aliphatic rings. The molecule has 1 saturated carbocycles. The van der Waals surface area contributed by atoms with Crippen LogP contribution in [0.25, 0.3) is 0 Å². The predicted octanol–water partition coefficient (Wildman–Crippen LogP) is 4.54. The molecule has 0 aliphatic heterocycles. The number of carbonyl (C=O) groups excluding carboxylic acids is 2. The molecule has 3 rings (SSSR count). The number of benzene rings is 2. The second-order valence-corrected chi connectivity index (χ2v) is 6.90. The summed E-state index contributed by atoms with van der Waals surface area (Å²) in [4.78, 5) is 35.7. The van der Waals surface area contributed by atoms with E-state index >= 15 is 0 Å². The Morgan fingerprint density at radius 2 is 1.78 bits per heavy atom. The predicted molar refractivity (Wildman–Crippen MR) is 103 cm³/mol. The molecule has 2 aromatic carbocycles. The van der Waals surface area contributed by atoms with Crippen molar-refractivity contribution in [3.05, 3.63) is 69.8 Å². The Balaban J connectivity index is 1.74. The first-order valence-electron chi connectivity index (χ1n) is 9.21. The summed E-state index contributed by atoms with van der Waals surface area (Å²) in [5, 5.41) is 13.8. The number of ketones is 1. The molecule has 0 atom stereocenters. The molecule has 1 aliphatic carbocycles. The fourth-order valence-corrected chi connectivity index (χ4v) is 3.50. The van der Waals surface area contributed by atoms with Crippen LogP contribution in [0.15, 0.2) is 48.5 Å². The fraction of sp³-hybridized carbons (Fsp3) is 0.333. The smallest absolute Gasteiger partial charge is 0.269 e. The molecule has 6 nitrogen and oxygen atoms in total. The van der Waals surface area contributed by atoms with Gasteiger partial charge < -0.3 is 5.32 Å². The SMILES string of the molecule is O=C(Cc1cccc([N+](=O)[O-])c1)c1ccccc1NC(=O)C1CCCCC1. The number of rotatable bonds is 6. The zero-order valence-electron chi connectivity index (χ0n) is 15.0. The van der Waals surface area contributed by atoms with Gasteiger partial charge in [-0.25, -0.2) is 0 Å². The molecule has 2 aromatic rings. The van der Waals surface area contributed by atoms with Gasteiger partial charge in [0.15, 0.2) is 5.78 Å². The Morgan fingerprint density at radius 1 is 1.04 bits per heavy atom. The van der Waals surface area contributed by atoms with Crippen molar-refractivity contribution in [1.82, 2.24) is 0 Å². The molecule has 1 amide bonds. The van der Waals surface area contributed by atoms with E-state index in [2.05, 4.69) is 5.32 Å². The highest BCUT2D eigenvalue weighted by Gasteiger charge is 2.22. The number of para-hydroxylation sites is 1. The highest BCUT2D eigenvalue weighted by molar-refractivity contribution is 6.06. The lowest BCUT2D eigenvalue weighted by Gasteiger charge is -2.21. The molecule has 1 fully saturated rings. The Kier molecular flexibility index (Phi) is 5.96. The molecule has 0 radical (unpaired) electrons. The van der Waals surface area contributed by atoms with Crippen molar-refractivity contribution in [3.8, 4) is 0 Å². The van der Waals surface area contributed by atoms with Crippen molar-refractivity contribution in [2.24, 2.45) is 5.92 Å². The summed E-state index contributed by atoms with van der Waals surface area (Å²) in [6.45, 7) is 0. The molecular formula is C21H22N2O4. The maximum Gasteiger partial charge on any atom is 0.269 e. The average Bonchev–Trinajstić information content (AvgIpc) is 2.69. The summed E-state index contributed by atoms with van der Waals surface area (Å²) in [6, 6.07) is 13.0. The summed E-state index contributed by atoms with van der Waals surface area (Å²) in [5.41, 5.74) is 1.46. The van der Waals surface area contributed by atoms with E-state index in [-0.39, 0.29) is 29.7 Å². The van der Waals surface area contributed by atoms with Crippen LogP contribution >= 0.6 is 0 Å². The zero-order chi connectivity index (χ0) is 19.2. The van der Waals surface area contributed by atoms with Gasteiger partial charge in [-0.3, -0.25) is 19.7 Å². The summed E-state index contributed by atoms with van der Waals surface area (Å²) in [6.07, 6.45) is 5.10. The molecule has 1 N–H and O–H groups in total. The van der Waals surface area contributed by atoms with Gasteiger partial charge in [-0.1, -0.05) is 43.5 Å². The number of nitro benzene ring substituents is 1. The van der Waals surface area contributed by atoms with Gasteiger partial charge in [0.25, 0.3) is 5.69 Å². The van der Waals surface area contributed by atoms with E-state index < -0.39 is 4.92 Å². The van der Waals surface area contributed by atoms with Crippen LogP contribution < -0.4 is 5.32 Å². The number of Topliss-reactive ketones (excluding diaryl/α,β-unsaturated/α-hetero) is 1. The van der Waals surface area contributed by atoms with Crippen LogP contribution in [0.5, 0.6) is 0 Å². The Hall–Kier alpha value is -3.02. The Bertz CT molecular complexity index is 857. The van der Waals surface area contributed by atoms with Crippen LogP contribution in [0.2, 0.25) is 0 Å². The number of nitro groups is 1. The van der Waals surface area contributed by atoms with Crippen LogP contribution in [-0.2, 0) is 11.2 Å². The second kappa shape index (κ2) is 8.58. The maximum absolute atomic E-state index is 12.8. The van der Waals surface area contributed by atoms with E-state index in [1.165, 1.54) is 18.6 Å². The highest BCUT2D eigenvalue weighted by Crippen LogP contribution is 2.26. The summed E-state index contributed by atoms with van der Waals surface area (Å²) in [5.74, 6) is -0.223. The van der Waals surface area contributed by atoms with E-state index in [1.807, 2.05) is 0 Å². The largest absolute Gasteiger partial charge is 0.325 e. The summed E-state index contributed by atoms with van der Waals surface area (Å²) >= 11 is 0. The number of hydrogen-bond donors (Lipinski definition) is 1. The highest BCUT2D eigenvalue weighted by atomic mass is 16.6. The second-order valence-electron chi connectivity index (χ2n) is 6.90. The molecule has 6 heteroatoms. The van der Waals surface area contributed by atoms with Crippen molar-refractivity contribution in [2.75, 3.05) is 5.32 Å². The lowest BCUT2D eigenvalue weighted by molar-refractivity contribution is -0.384. The van der Waals surface area contributed by atoms with Gasteiger partial charge in [0.2, 0.25) is 5.91 Å². The number of non-ortho nitro benzene ring substituents is 1. The number of amides is 1. The van der Waals surface area contributed by atoms with Crippen LogP contribution in [-0.4, -0.2) is 16.6 Å².